The largest absolute Gasteiger partial charge is 0.480 e. The molecular formula is C10H16O2S. The van der Waals surface area contributed by atoms with Crippen molar-refractivity contribution in [1.82, 2.24) is 0 Å². The summed E-state index contributed by atoms with van der Waals surface area (Å²) in [6.07, 6.45) is 3.43. The fraction of sp³-hybridized carbons (Fsp3) is 0.700. The van der Waals surface area contributed by atoms with Gasteiger partial charge in [-0.2, -0.15) is 0 Å². The second-order valence-electron chi connectivity index (χ2n) is 3.71. The Balaban J connectivity index is 2.57. The van der Waals surface area contributed by atoms with E-state index in [0.717, 1.165) is 37.0 Å². The molecule has 1 rings (SSSR count). The van der Waals surface area contributed by atoms with Crippen molar-refractivity contribution in [2.75, 3.05) is 5.75 Å². The van der Waals surface area contributed by atoms with E-state index in [2.05, 4.69) is 6.58 Å². The van der Waals surface area contributed by atoms with Gasteiger partial charge in [-0.25, -0.2) is 0 Å². The second kappa shape index (κ2) is 4.18. The summed E-state index contributed by atoms with van der Waals surface area (Å²) in [5.41, 5.74) is 1.08. The van der Waals surface area contributed by atoms with E-state index < -0.39 is 10.7 Å². The number of carboxylic acid groups (broad SMARTS) is 1. The van der Waals surface area contributed by atoms with Crippen LogP contribution in [0.5, 0.6) is 0 Å². The topological polar surface area (TPSA) is 37.3 Å². The minimum absolute atomic E-state index is 0.501. The standard InChI is InChI=1S/C10H16O2S/c1-8(2)4-6-10(9(11)12)5-3-7-13-10/h1,3-7H2,2H3,(H,11,12). The maximum absolute atomic E-state index is 11.1. The third kappa shape index (κ3) is 2.50. The molecule has 1 saturated heterocycles. The van der Waals surface area contributed by atoms with Crippen molar-refractivity contribution < 1.29 is 9.90 Å². The van der Waals surface area contributed by atoms with Gasteiger partial charge in [0.1, 0.15) is 4.75 Å². The zero-order valence-corrected chi connectivity index (χ0v) is 8.82. The smallest absolute Gasteiger partial charge is 0.319 e. The molecule has 13 heavy (non-hydrogen) atoms. The highest BCUT2D eigenvalue weighted by molar-refractivity contribution is 8.01. The number of rotatable bonds is 4. The highest BCUT2D eigenvalue weighted by Gasteiger charge is 2.41. The van der Waals surface area contributed by atoms with Crippen molar-refractivity contribution in [3.63, 3.8) is 0 Å². The van der Waals surface area contributed by atoms with E-state index in [1.54, 1.807) is 11.8 Å². The fourth-order valence-electron chi connectivity index (χ4n) is 1.59. The lowest BCUT2D eigenvalue weighted by Gasteiger charge is -2.22. The maximum atomic E-state index is 11.1. The molecule has 1 N–H and O–H groups in total. The van der Waals surface area contributed by atoms with Gasteiger partial charge < -0.3 is 5.11 Å². The lowest BCUT2D eigenvalue weighted by Crippen LogP contribution is -2.32. The van der Waals surface area contributed by atoms with Gasteiger partial charge in [0, 0.05) is 0 Å². The molecule has 2 nitrogen and oxygen atoms in total. The van der Waals surface area contributed by atoms with Crippen LogP contribution in [-0.4, -0.2) is 21.6 Å². The van der Waals surface area contributed by atoms with Crippen molar-refractivity contribution >= 4 is 17.7 Å². The molecule has 0 aromatic carbocycles. The molecule has 1 unspecified atom stereocenters. The molecule has 0 bridgehead atoms. The minimum Gasteiger partial charge on any atom is -0.480 e. The summed E-state index contributed by atoms with van der Waals surface area (Å²) < 4.78 is -0.501. The van der Waals surface area contributed by atoms with Crippen molar-refractivity contribution in [2.45, 2.75) is 37.4 Å². The summed E-state index contributed by atoms with van der Waals surface area (Å²) in [6, 6.07) is 0. The van der Waals surface area contributed by atoms with Crippen LogP contribution >= 0.6 is 11.8 Å². The molecule has 1 aliphatic heterocycles. The predicted molar refractivity (Wildman–Crippen MR) is 56.1 cm³/mol. The summed E-state index contributed by atoms with van der Waals surface area (Å²) in [5, 5.41) is 9.13. The predicted octanol–water partition coefficient (Wildman–Crippen LogP) is 2.69. The molecule has 0 radical (unpaired) electrons. The van der Waals surface area contributed by atoms with E-state index in [1.165, 1.54) is 0 Å². The first-order valence-electron chi connectivity index (χ1n) is 4.58. The Morgan fingerprint density at radius 2 is 2.38 bits per heavy atom. The fourth-order valence-corrected chi connectivity index (χ4v) is 2.92. The molecule has 1 heterocycles. The van der Waals surface area contributed by atoms with Gasteiger partial charge in [0.25, 0.3) is 0 Å². The number of carbonyl (C=O) groups is 1. The van der Waals surface area contributed by atoms with E-state index in [0.29, 0.717) is 0 Å². The monoisotopic (exact) mass is 200 g/mol. The Morgan fingerprint density at radius 1 is 1.69 bits per heavy atom. The van der Waals surface area contributed by atoms with Crippen LogP contribution < -0.4 is 0 Å². The molecule has 0 spiro atoms. The van der Waals surface area contributed by atoms with Crippen molar-refractivity contribution in [3.8, 4) is 0 Å². The van der Waals surface area contributed by atoms with Crippen molar-refractivity contribution in [3.05, 3.63) is 12.2 Å². The summed E-state index contributed by atoms with van der Waals surface area (Å²) in [5.74, 6) is 0.346. The van der Waals surface area contributed by atoms with Crippen LogP contribution in [0, 0.1) is 0 Å². The zero-order valence-electron chi connectivity index (χ0n) is 8.01. The Hall–Kier alpha value is -0.440. The summed E-state index contributed by atoms with van der Waals surface area (Å²) in [6.45, 7) is 5.76. The van der Waals surface area contributed by atoms with E-state index in [4.69, 9.17) is 5.11 Å². The van der Waals surface area contributed by atoms with E-state index in [-0.39, 0.29) is 0 Å². The molecule has 1 aliphatic rings. The number of aliphatic carboxylic acids is 1. The Kier molecular flexibility index (Phi) is 3.42. The number of hydrogen-bond donors (Lipinski definition) is 1. The van der Waals surface area contributed by atoms with Gasteiger partial charge in [0.2, 0.25) is 0 Å². The van der Waals surface area contributed by atoms with Crippen molar-refractivity contribution in [2.24, 2.45) is 0 Å². The number of allylic oxidation sites excluding steroid dienone is 1. The summed E-state index contributed by atoms with van der Waals surface area (Å²) in [7, 11) is 0. The molecule has 0 aromatic heterocycles. The van der Waals surface area contributed by atoms with E-state index in [9.17, 15) is 4.79 Å². The minimum atomic E-state index is -0.642. The Morgan fingerprint density at radius 3 is 2.77 bits per heavy atom. The highest BCUT2D eigenvalue weighted by atomic mass is 32.2. The van der Waals surface area contributed by atoms with Crippen LogP contribution in [0.15, 0.2) is 12.2 Å². The first-order valence-corrected chi connectivity index (χ1v) is 5.57. The molecule has 0 aromatic rings. The molecule has 3 heteroatoms. The van der Waals surface area contributed by atoms with Gasteiger partial charge in [0.05, 0.1) is 0 Å². The zero-order chi connectivity index (χ0) is 9.90. The average Bonchev–Trinajstić information content (AvgIpc) is 2.50. The Bertz CT molecular complexity index is 217. The van der Waals surface area contributed by atoms with Crippen LogP contribution in [0.3, 0.4) is 0 Å². The third-order valence-electron chi connectivity index (χ3n) is 2.45. The lowest BCUT2D eigenvalue weighted by atomic mass is 9.95. The first-order chi connectivity index (χ1) is 6.07. The highest BCUT2D eigenvalue weighted by Crippen LogP contribution is 2.42. The normalized spacial score (nSPS) is 27.5. The molecule has 74 valence electrons. The summed E-state index contributed by atoms with van der Waals surface area (Å²) in [4.78, 5) is 11.1. The molecular weight excluding hydrogens is 184 g/mol. The van der Waals surface area contributed by atoms with Gasteiger partial charge in [-0.05, 0) is 38.4 Å². The van der Waals surface area contributed by atoms with Crippen LogP contribution in [0.2, 0.25) is 0 Å². The maximum Gasteiger partial charge on any atom is 0.319 e. The van der Waals surface area contributed by atoms with Crippen molar-refractivity contribution in [1.29, 1.82) is 0 Å². The number of thioether (sulfide) groups is 1. The molecule has 0 saturated carbocycles. The number of hydrogen-bond acceptors (Lipinski definition) is 2. The molecule has 0 aliphatic carbocycles. The number of carboxylic acids is 1. The molecule has 1 fully saturated rings. The van der Waals surface area contributed by atoms with Gasteiger partial charge >= 0.3 is 5.97 Å². The van der Waals surface area contributed by atoms with Crippen LogP contribution in [0.4, 0.5) is 0 Å². The first kappa shape index (κ1) is 10.6. The van der Waals surface area contributed by atoms with Crippen LogP contribution in [0.1, 0.15) is 32.6 Å². The van der Waals surface area contributed by atoms with Gasteiger partial charge in [-0.3, -0.25) is 4.79 Å². The Labute approximate surface area is 83.4 Å². The molecule has 1 atom stereocenters. The van der Waals surface area contributed by atoms with E-state index >= 15 is 0 Å². The van der Waals surface area contributed by atoms with Gasteiger partial charge in [-0.15, -0.1) is 18.3 Å². The van der Waals surface area contributed by atoms with Gasteiger partial charge in [0.15, 0.2) is 0 Å². The van der Waals surface area contributed by atoms with Gasteiger partial charge in [-0.1, -0.05) is 5.57 Å². The third-order valence-corrected chi connectivity index (χ3v) is 4.08. The second-order valence-corrected chi connectivity index (χ2v) is 5.19. The summed E-state index contributed by atoms with van der Waals surface area (Å²) >= 11 is 1.60. The quantitative estimate of drug-likeness (QED) is 0.709. The van der Waals surface area contributed by atoms with E-state index in [1.807, 2.05) is 6.92 Å². The van der Waals surface area contributed by atoms with Crippen LogP contribution in [0.25, 0.3) is 0 Å². The lowest BCUT2D eigenvalue weighted by molar-refractivity contribution is -0.140. The average molecular weight is 200 g/mol. The SMILES string of the molecule is C=C(C)CCC1(C(=O)O)CCCS1. The van der Waals surface area contributed by atoms with Crippen LogP contribution in [-0.2, 0) is 4.79 Å². The molecule has 0 amide bonds.